The fraction of sp³-hybridized carbons (Fsp3) is 0.542. The molecular formula is C24H33N5O2. The van der Waals surface area contributed by atoms with Crippen LogP contribution in [0.4, 0.5) is 10.6 Å². The first kappa shape index (κ1) is 21.6. The van der Waals surface area contributed by atoms with Crippen LogP contribution in [0.1, 0.15) is 49.0 Å². The number of benzene rings is 1. The number of carbonyl (C=O) groups excluding carboxylic acids is 1. The number of rotatable bonds is 3. The molecule has 31 heavy (non-hydrogen) atoms. The number of urea groups is 1. The van der Waals surface area contributed by atoms with Gasteiger partial charge in [-0.05, 0) is 33.3 Å². The molecule has 0 bridgehead atoms. The third kappa shape index (κ3) is 5.34. The zero-order valence-electron chi connectivity index (χ0n) is 19.1. The van der Waals surface area contributed by atoms with Crippen molar-refractivity contribution in [3.05, 3.63) is 52.5 Å². The lowest BCUT2D eigenvalue weighted by atomic mass is 10.0. The van der Waals surface area contributed by atoms with Gasteiger partial charge in [-0.25, -0.2) is 14.8 Å². The molecule has 0 atom stereocenters. The minimum atomic E-state index is -0.265. The van der Waals surface area contributed by atoms with Gasteiger partial charge in [0, 0.05) is 43.6 Å². The third-order valence-electron chi connectivity index (χ3n) is 5.61. The van der Waals surface area contributed by atoms with Crippen LogP contribution < -0.4 is 10.2 Å². The largest absolute Gasteiger partial charge is 0.378 e. The summed E-state index contributed by atoms with van der Waals surface area (Å²) in [5.41, 5.74) is 4.34. The van der Waals surface area contributed by atoms with Crippen molar-refractivity contribution in [1.29, 1.82) is 0 Å². The van der Waals surface area contributed by atoms with Crippen LogP contribution >= 0.6 is 0 Å². The van der Waals surface area contributed by atoms with Crippen molar-refractivity contribution >= 4 is 11.8 Å². The number of morpholine rings is 1. The number of nitrogens with one attached hydrogen (secondary N) is 1. The molecule has 1 aromatic carbocycles. The van der Waals surface area contributed by atoms with Crippen molar-refractivity contribution in [3.8, 4) is 0 Å². The third-order valence-corrected chi connectivity index (χ3v) is 5.61. The monoisotopic (exact) mass is 423 g/mol. The molecule has 2 amide bonds. The molecule has 0 aliphatic carbocycles. The highest BCUT2D eigenvalue weighted by atomic mass is 16.5. The minimum Gasteiger partial charge on any atom is -0.378 e. The Morgan fingerprint density at radius 1 is 1.16 bits per heavy atom. The average molecular weight is 424 g/mol. The van der Waals surface area contributed by atoms with Gasteiger partial charge in [-0.1, -0.05) is 29.8 Å². The first-order chi connectivity index (χ1) is 14.8. The molecule has 7 heteroatoms. The van der Waals surface area contributed by atoms with Crippen LogP contribution in [-0.2, 0) is 24.1 Å². The minimum absolute atomic E-state index is 0.0325. The second kappa shape index (κ2) is 8.83. The fourth-order valence-corrected chi connectivity index (χ4v) is 4.14. The van der Waals surface area contributed by atoms with Gasteiger partial charge in [0.25, 0.3) is 0 Å². The summed E-state index contributed by atoms with van der Waals surface area (Å²) in [5.74, 6) is 1.81. The number of hydrogen-bond donors (Lipinski definition) is 1. The lowest BCUT2D eigenvalue weighted by molar-refractivity contribution is 0.122. The van der Waals surface area contributed by atoms with E-state index in [9.17, 15) is 4.79 Å². The van der Waals surface area contributed by atoms with E-state index < -0.39 is 0 Å². The van der Waals surface area contributed by atoms with Gasteiger partial charge in [-0.2, -0.15) is 0 Å². The molecule has 7 nitrogen and oxygen atoms in total. The second-order valence-electron chi connectivity index (χ2n) is 9.51. The Bertz CT molecular complexity index is 947. The van der Waals surface area contributed by atoms with Crippen molar-refractivity contribution in [2.75, 3.05) is 37.7 Å². The summed E-state index contributed by atoms with van der Waals surface area (Å²) >= 11 is 0. The van der Waals surface area contributed by atoms with Gasteiger partial charge >= 0.3 is 6.03 Å². The molecule has 2 aliphatic rings. The summed E-state index contributed by atoms with van der Waals surface area (Å²) in [6.45, 7) is 12.3. The Morgan fingerprint density at radius 2 is 1.94 bits per heavy atom. The fourth-order valence-electron chi connectivity index (χ4n) is 4.14. The van der Waals surface area contributed by atoms with E-state index in [2.05, 4.69) is 41.4 Å². The van der Waals surface area contributed by atoms with Crippen LogP contribution in [0.25, 0.3) is 0 Å². The molecule has 1 fully saturated rings. The van der Waals surface area contributed by atoms with Crippen LogP contribution in [0.15, 0.2) is 24.3 Å². The summed E-state index contributed by atoms with van der Waals surface area (Å²) < 4.78 is 5.56. The Balaban J connectivity index is 1.64. The van der Waals surface area contributed by atoms with Gasteiger partial charge < -0.3 is 19.9 Å². The molecule has 0 saturated carbocycles. The normalized spacial score (nSPS) is 16.8. The maximum atomic E-state index is 12.8. The number of anilines is 1. The van der Waals surface area contributed by atoms with E-state index in [1.165, 1.54) is 11.1 Å². The highest BCUT2D eigenvalue weighted by molar-refractivity contribution is 5.75. The predicted molar refractivity (Wildman–Crippen MR) is 121 cm³/mol. The van der Waals surface area contributed by atoms with E-state index in [1.54, 1.807) is 0 Å². The smallest absolute Gasteiger partial charge is 0.318 e. The maximum absolute atomic E-state index is 12.8. The highest BCUT2D eigenvalue weighted by Crippen LogP contribution is 2.28. The number of amides is 2. The average Bonchev–Trinajstić information content (AvgIpc) is 2.72. The van der Waals surface area contributed by atoms with Gasteiger partial charge in [0.05, 0.1) is 25.5 Å². The SMILES string of the molecule is Cc1cccc(Cc2nc3c(c(N4CCOCC4)n2)CN(C(=O)NC(C)(C)C)CC3)c1. The summed E-state index contributed by atoms with van der Waals surface area (Å²) in [6.07, 6.45) is 1.45. The predicted octanol–water partition coefficient (Wildman–Crippen LogP) is 3.08. The molecule has 2 aliphatic heterocycles. The molecule has 1 saturated heterocycles. The molecule has 4 rings (SSSR count). The summed E-state index contributed by atoms with van der Waals surface area (Å²) in [5, 5.41) is 3.08. The summed E-state index contributed by atoms with van der Waals surface area (Å²) in [4.78, 5) is 26.9. The molecular weight excluding hydrogens is 390 g/mol. The van der Waals surface area contributed by atoms with Gasteiger partial charge in [0.2, 0.25) is 0 Å². The van der Waals surface area contributed by atoms with Gasteiger partial charge in [-0.3, -0.25) is 0 Å². The molecule has 0 unspecified atom stereocenters. The lowest BCUT2D eigenvalue weighted by Crippen LogP contribution is -2.50. The van der Waals surface area contributed by atoms with E-state index in [-0.39, 0.29) is 11.6 Å². The van der Waals surface area contributed by atoms with Crippen LogP contribution in [0, 0.1) is 6.92 Å². The standard InChI is InChI=1S/C24H33N5O2/c1-17-6-5-7-18(14-17)15-21-25-20-8-9-29(23(30)27-24(2,3)4)16-19(20)22(26-21)28-10-12-31-13-11-28/h5-7,14H,8-13,15-16H2,1-4H3,(H,27,30). The Morgan fingerprint density at radius 3 is 2.65 bits per heavy atom. The van der Waals surface area contributed by atoms with Crippen molar-refractivity contribution in [2.24, 2.45) is 0 Å². The highest BCUT2D eigenvalue weighted by Gasteiger charge is 2.29. The molecule has 3 heterocycles. The first-order valence-electron chi connectivity index (χ1n) is 11.1. The molecule has 0 radical (unpaired) electrons. The van der Waals surface area contributed by atoms with Crippen LogP contribution in [0.3, 0.4) is 0 Å². The number of nitrogens with zero attached hydrogens (tertiary/aromatic N) is 4. The second-order valence-corrected chi connectivity index (χ2v) is 9.51. The van der Waals surface area contributed by atoms with Gasteiger partial charge in [0.15, 0.2) is 0 Å². The van der Waals surface area contributed by atoms with Crippen molar-refractivity contribution in [3.63, 3.8) is 0 Å². The number of aromatic nitrogens is 2. The quantitative estimate of drug-likeness (QED) is 0.822. The molecule has 1 aromatic heterocycles. The molecule has 166 valence electrons. The number of hydrogen-bond acceptors (Lipinski definition) is 5. The lowest BCUT2D eigenvalue weighted by Gasteiger charge is -2.35. The zero-order chi connectivity index (χ0) is 22.0. The Labute approximate surface area is 184 Å². The van der Waals surface area contributed by atoms with E-state index in [1.807, 2.05) is 25.7 Å². The van der Waals surface area contributed by atoms with Crippen molar-refractivity contribution < 1.29 is 9.53 Å². The van der Waals surface area contributed by atoms with Gasteiger partial charge in [0.1, 0.15) is 11.6 Å². The molecule has 2 aromatic rings. The van der Waals surface area contributed by atoms with E-state index >= 15 is 0 Å². The summed E-state index contributed by atoms with van der Waals surface area (Å²) in [6, 6.07) is 8.47. The van der Waals surface area contributed by atoms with Crippen LogP contribution in [0.2, 0.25) is 0 Å². The number of carbonyl (C=O) groups is 1. The van der Waals surface area contributed by atoms with Crippen LogP contribution in [0.5, 0.6) is 0 Å². The Hall–Kier alpha value is -2.67. The number of aryl methyl sites for hydroxylation is 1. The van der Waals surface area contributed by atoms with Crippen molar-refractivity contribution in [2.45, 2.75) is 52.6 Å². The van der Waals surface area contributed by atoms with Crippen LogP contribution in [-0.4, -0.2) is 59.3 Å². The molecule has 1 N–H and O–H groups in total. The van der Waals surface area contributed by atoms with E-state index in [0.717, 1.165) is 42.4 Å². The van der Waals surface area contributed by atoms with E-state index in [0.29, 0.717) is 32.7 Å². The number of ether oxygens (including phenoxy) is 1. The molecule has 0 spiro atoms. The van der Waals surface area contributed by atoms with Gasteiger partial charge in [-0.15, -0.1) is 0 Å². The van der Waals surface area contributed by atoms with E-state index in [4.69, 9.17) is 14.7 Å². The Kier molecular flexibility index (Phi) is 6.14. The topological polar surface area (TPSA) is 70.6 Å². The number of fused-ring (bicyclic) bond motifs is 1. The van der Waals surface area contributed by atoms with Crippen molar-refractivity contribution in [1.82, 2.24) is 20.2 Å². The summed E-state index contributed by atoms with van der Waals surface area (Å²) in [7, 11) is 0. The zero-order valence-corrected chi connectivity index (χ0v) is 19.1. The first-order valence-corrected chi connectivity index (χ1v) is 11.1. The maximum Gasteiger partial charge on any atom is 0.318 e.